The first-order valence-corrected chi connectivity index (χ1v) is 4.87. The molecule has 0 radical (unpaired) electrons. The van der Waals surface area contributed by atoms with Crippen LogP contribution in [0.3, 0.4) is 0 Å². The van der Waals surface area contributed by atoms with Crippen molar-refractivity contribution in [2.24, 2.45) is 0 Å². The van der Waals surface area contributed by atoms with Crippen LogP contribution in [-0.2, 0) is 9.59 Å². The summed E-state index contributed by atoms with van der Waals surface area (Å²) >= 11 is 0. The minimum Gasteiger partial charge on any atom is -0.481 e. The van der Waals surface area contributed by atoms with Gasteiger partial charge in [0.25, 0.3) is 0 Å². The van der Waals surface area contributed by atoms with E-state index < -0.39 is 5.97 Å². The molecule has 2 heterocycles. The first kappa shape index (κ1) is 10.4. The smallest absolute Gasteiger partial charge is 0.305 e. The number of amides is 1. The fraction of sp³-hybridized carbons (Fsp3) is 0.300. The van der Waals surface area contributed by atoms with Gasteiger partial charge in [0, 0.05) is 12.7 Å². The number of carboxylic acids is 1. The SMILES string of the molecule is O=C(O)CCN1CC(=O)Nc2cnccc21. The number of pyridine rings is 1. The molecule has 84 valence electrons. The molecule has 1 aromatic rings. The quantitative estimate of drug-likeness (QED) is 0.767. The number of nitrogens with zero attached hydrogens (tertiary/aromatic N) is 2. The van der Waals surface area contributed by atoms with E-state index in [1.807, 2.05) is 0 Å². The number of fused-ring (bicyclic) bond motifs is 1. The Hall–Kier alpha value is -2.11. The van der Waals surface area contributed by atoms with E-state index in [1.165, 1.54) is 0 Å². The maximum absolute atomic E-state index is 11.4. The molecule has 6 heteroatoms. The standard InChI is InChI=1S/C10H11N3O3/c14-9-6-13(4-2-10(15)16)8-1-3-11-5-7(8)12-9/h1,3,5H,2,4,6H2,(H,12,14)(H,15,16). The van der Waals surface area contributed by atoms with Crippen LogP contribution in [0.2, 0.25) is 0 Å². The molecule has 16 heavy (non-hydrogen) atoms. The summed E-state index contributed by atoms with van der Waals surface area (Å²) in [5.41, 5.74) is 1.44. The molecular weight excluding hydrogens is 210 g/mol. The largest absolute Gasteiger partial charge is 0.481 e. The molecule has 0 aromatic carbocycles. The Morgan fingerprint density at radius 3 is 3.19 bits per heavy atom. The van der Waals surface area contributed by atoms with Crippen LogP contribution in [0.4, 0.5) is 11.4 Å². The highest BCUT2D eigenvalue weighted by Crippen LogP contribution is 2.27. The summed E-state index contributed by atoms with van der Waals surface area (Å²) in [6.07, 6.45) is 3.18. The molecule has 0 aliphatic carbocycles. The number of aliphatic carboxylic acids is 1. The third-order valence-corrected chi connectivity index (χ3v) is 2.34. The van der Waals surface area contributed by atoms with Gasteiger partial charge in [-0.1, -0.05) is 0 Å². The van der Waals surface area contributed by atoms with E-state index in [-0.39, 0.29) is 18.9 Å². The minimum absolute atomic E-state index is 0.00897. The van der Waals surface area contributed by atoms with Gasteiger partial charge in [-0.2, -0.15) is 0 Å². The molecule has 6 nitrogen and oxygen atoms in total. The second kappa shape index (κ2) is 4.18. The highest BCUT2D eigenvalue weighted by molar-refractivity contribution is 6.00. The summed E-state index contributed by atoms with van der Waals surface area (Å²) in [6.45, 7) is 0.504. The Balaban J connectivity index is 2.20. The zero-order chi connectivity index (χ0) is 11.5. The lowest BCUT2D eigenvalue weighted by atomic mass is 10.2. The minimum atomic E-state index is -0.874. The Kier molecular flexibility index (Phi) is 2.72. The Labute approximate surface area is 91.9 Å². The molecule has 2 rings (SSSR count). The van der Waals surface area contributed by atoms with Gasteiger partial charge in [-0.05, 0) is 6.07 Å². The normalized spacial score (nSPS) is 14.2. The van der Waals surface area contributed by atoms with E-state index in [9.17, 15) is 9.59 Å². The number of carbonyl (C=O) groups is 2. The molecule has 1 aliphatic rings. The molecule has 1 aliphatic heterocycles. The maximum atomic E-state index is 11.4. The first-order chi connectivity index (χ1) is 7.66. The van der Waals surface area contributed by atoms with E-state index in [1.54, 1.807) is 23.4 Å². The molecule has 0 saturated carbocycles. The van der Waals surface area contributed by atoms with Crippen LogP contribution >= 0.6 is 0 Å². The number of nitrogens with one attached hydrogen (secondary N) is 1. The molecule has 0 spiro atoms. The average Bonchev–Trinajstić information content (AvgIpc) is 2.25. The monoisotopic (exact) mass is 221 g/mol. The average molecular weight is 221 g/mol. The Morgan fingerprint density at radius 2 is 2.44 bits per heavy atom. The lowest BCUT2D eigenvalue weighted by molar-refractivity contribution is -0.136. The van der Waals surface area contributed by atoms with E-state index >= 15 is 0 Å². The number of aromatic nitrogens is 1. The topological polar surface area (TPSA) is 82.5 Å². The van der Waals surface area contributed by atoms with Gasteiger partial charge < -0.3 is 15.3 Å². The van der Waals surface area contributed by atoms with Gasteiger partial charge in [0.15, 0.2) is 0 Å². The predicted octanol–water partition coefficient (Wildman–Crippen LogP) is 0.315. The molecule has 2 N–H and O–H groups in total. The van der Waals surface area contributed by atoms with E-state index in [4.69, 9.17) is 5.11 Å². The highest BCUT2D eigenvalue weighted by atomic mass is 16.4. The molecule has 1 aromatic heterocycles. The van der Waals surface area contributed by atoms with Gasteiger partial charge in [-0.3, -0.25) is 14.6 Å². The number of carboxylic acid groups (broad SMARTS) is 1. The van der Waals surface area contributed by atoms with E-state index in [0.717, 1.165) is 5.69 Å². The van der Waals surface area contributed by atoms with Crippen LogP contribution in [0.5, 0.6) is 0 Å². The molecule has 0 atom stereocenters. The second-order valence-corrected chi connectivity index (χ2v) is 3.51. The van der Waals surface area contributed by atoms with Crippen molar-refractivity contribution in [3.63, 3.8) is 0 Å². The van der Waals surface area contributed by atoms with Gasteiger partial charge in [-0.25, -0.2) is 0 Å². The first-order valence-electron chi connectivity index (χ1n) is 4.87. The van der Waals surface area contributed by atoms with Gasteiger partial charge in [0.1, 0.15) is 0 Å². The van der Waals surface area contributed by atoms with Crippen molar-refractivity contribution in [1.82, 2.24) is 4.98 Å². The maximum Gasteiger partial charge on any atom is 0.305 e. The summed E-state index contributed by atoms with van der Waals surface area (Å²) < 4.78 is 0. The Morgan fingerprint density at radius 1 is 1.62 bits per heavy atom. The third kappa shape index (κ3) is 2.10. The van der Waals surface area contributed by atoms with Crippen molar-refractivity contribution in [3.8, 4) is 0 Å². The second-order valence-electron chi connectivity index (χ2n) is 3.51. The van der Waals surface area contributed by atoms with Crippen LogP contribution in [-0.4, -0.2) is 35.1 Å². The van der Waals surface area contributed by atoms with Gasteiger partial charge in [-0.15, -0.1) is 0 Å². The van der Waals surface area contributed by atoms with Crippen molar-refractivity contribution in [2.75, 3.05) is 23.3 Å². The summed E-state index contributed by atoms with van der Waals surface area (Å²) in [7, 11) is 0. The van der Waals surface area contributed by atoms with Crippen molar-refractivity contribution in [2.45, 2.75) is 6.42 Å². The molecular formula is C10H11N3O3. The lowest BCUT2D eigenvalue weighted by Gasteiger charge is -2.29. The molecule has 0 fully saturated rings. The van der Waals surface area contributed by atoms with Crippen molar-refractivity contribution in [3.05, 3.63) is 18.5 Å². The number of carbonyl (C=O) groups excluding carboxylic acids is 1. The Bertz CT molecular complexity index is 433. The van der Waals surface area contributed by atoms with Gasteiger partial charge in [0.2, 0.25) is 5.91 Å². The summed E-state index contributed by atoms with van der Waals surface area (Å²) in [6, 6.07) is 1.76. The lowest BCUT2D eigenvalue weighted by Crippen LogP contribution is -2.39. The highest BCUT2D eigenvalue weighted by Gasteiger charge is 2.21. The number of rotatable bonds is 3. The molecule has 0 unspecified atom stereocenters. The number of anilines is 2. The zero-order valence-electron chi connectivity index (χ0n) is 8.51. The van der Waals surface area contributed by atoms with Crippen LogP contribution < -0.4 is 10.2 Å². The summed E-state index contributed by atoms with van der Waals surface area (Å²) in [5.74, 6) is -1.02. The number of hydrogen-bond donors (Lipinski definition) is 2. The third-order valence-electron chi connectivity index (χ3n) is 2.34. The summed E-state index contributed by atoms with van der Waals surface area (Å²) in [4.78, 5) is 27.5. The van der Waals surface area contributed by atoms with Gasteiger partial charge in [0.05, 0.1) is 30.5 Å². The van der Waals surface area contributed by atoms with Crippen molar-refractivity contribution >= 4 is 23.3 Å². The molecule has 0 bridgehead atoms. The van der Waals surface area contributed by atoms with Crippen molar-refractivity contribution in [1.29, 1.82) is 0 Å². The zero-order valence-corrected chi connectivity index (χ0v) is 8.51. The predicted molar refractivity (Wildman–Crippen MR) is 57.3 cm³/mol. The van der Waals surface area contributed by atoms with Crippen molar-refractivity contribution < 1.29 is 14.7 Å². The molecule has 1 amide bonds. The van der Waals surface area contributed by atoms with Crippen LogP contribution in [0, 0.1) is 0 Å². The fourth-order valence-corrected chi connectivity index (χ4v) is 1.64. The van der Waals surface area contributed by atoms with Crippen LogP contribution in [0.15, 0.2) is 18.5 Å². The number of hydrogen-bond acceptors (Lipinski definition) is 4. The van der Waals surface area contributed by atoms with Gasteiger partial charge >= 0.3 is 5.97 Å². The van der Waals surface area contributed by atoms with Crippen LogP contribution in [0.1, 0.15) is 6.42 Å². The van der Waals surface area contributed by atoms with E-state index in [2.05, 4.69) is 10.3 Å². The van der Waals surface area contributed by atoms with E-state index in [0.29, 0.717) is 12.2 Å². The van der Waals surface area contributed by atoms with Crippen LogP contribution in [0.25, 0.3) is 0 Å². The summed E-state index contributed by atoms with van der Waals surface area (Å²) in [5, 5.41) is 11.3. The molecule has 0 saturated heterocycles. The fourth-order valence-electron chi connectivity index (χ4n) is 1.64.